The van der Waals surface area contributed by atoms with E-state index in [0.717, 1.165) is 12.1 Å². The Morgan fingerprint density at radius 1 is 1.35 bits per heavy atom. The molecule has 0 spiro atoms. The van der Waals surface area contributed by atoms with E-state index in [1.807, 2.05) is 13.8 Å². The quantitative estimate of drug-likeness (QED) is 0.777. The van der Waals surface area contributed by atoms with Crippen molar-refractivity contribution in [2.24, 2.45) is 5.41 Å². The van der Waals surface area contributed by atoms with Crippen LogP contribution in [0.3, 0.4) is 0 Å². The second kappa shape index (κ2) is 6.35. The number of hydrogen-bond donors (Lipinski definition) is 1. The van der Waals surface area contributed by atoms with Crippen molar-refractivity contribution in [3.63, 3.8) is 0 Å². The number of carbonyl (C=O) groups is 1. The molecule has 0 atom stereocenters. The summed E-state index contributed by atoms with van der Waals surface area (Å²) in [7, 11) is 0. The maximum atomic E-state index is 12.6. The van der Waals surface area contributed by atoms with E-state index in [4.69, 9.17) is 11.6 Å². The lowest BCUT2D eigenvalue weighted by Crippen LogP contribution is -2.35. The highest BCUT2D eigenvalue weighted by molar-refractivity contribution is 9.10. The predicted molar refractivity (Wildman–Crippen MR) is 76.0 cm³/mol. The molecule has 1 aromatic carbocycles. The molecular weight excluding hydrogens is 358 g/mol. The van der Waals surface area contributed by atoms with Gasteiger partial charge < -0.3 is 5.32 Å². The molecule has 7 heteroatoms. The zero-order chi connectivity index (χ0) is 15.6. The maximum absolute atomic E-state index is 12.6. The Morgan fingerprint density at radius 3 is 2.45 bits per heavy atom. The molecule has 0 saturated heterocycles. The molecule has 0 aliphatic heterocycles. The lowest BCUT2D eigenvalue weighted by atomic mass is 9.96. The molecule has 1 aromatic rings. The minimum Gasteiger partial charge on any atom is -0.351 e. The molecule has 0 unspecified atom stereocenters. The highest BCUT2D eigenvalue weighted by Gasteiger charge is 2.31. The lowest BCUT2D eigenvalue weighted by molar-refractivity contribution is -0.137. The molecular formula is C13H14BrClF3NO. The van der Waals surface area contributed by atoms with Gasteiger partial charge in [0.2, 0.25) is 0 Å². The number of alkyl halides is 4. The number of nitrogens with one attached hydrogen (secondary N) is 1. The minimum atomic E-state index is -4.48. The highest BCUT2D eigenvalue weighted by Crippen LogP contribution is 2.31. The smallest absolute Gasteiger partial charge is 0.351 e. The minimum absolute atomic E-state index is 0.0507. The summed E-state index contributed by atoms with van der Waals surface area (Å²) in [4.78, 5) is 12.0. The summed E-state index contributed by atoms with van der Waals surface area (Å²) >= 11 is 8.81. The number of hydrogen-bond acceptors (Lipinski definition) is 1. The van der Waals surface area contributed by atoms with Crippen molar-refractivity contribution >= 4 is 33.4 Å². The standard InChI is InChI=1S/C13H14BrClF3NO/c1-12(2,6-15)7-19-11(20)9-5-8(13(16,17)18)3-4-10(9)14/h3-5H,6-7H2,1-2H3,(H,19,20). The Bertz CT molecular complexity index is 503. The fourth-order valence-corrected chi connectivity index (χ4v) is 1.86. The number of amides is 1. The Hall–Kier alpha value is -0.750. The van der Waals surface area contributed by atoms with E-state index < -0.39 is 17.6 Å². The van der Waals surface area contributed by atoms with Crippen molar-refractivity contribution in [3.05, 3.63) is 33.8 Å². The molecule has 0 fully saturated rings. The van der Waals surface area contributed by atoms with Crippen LogP contribution < -0.4 is 5.32 Å². The second-order valence-corrected chi connectivity index (χ2v) is 6.29. The van der Waals surface area contributed by atoms with Gasteiger partial charge in [0, 0.05) is 16.9 Å². The zero-order valence-electron chi connectivity index (χ0n) is 10.9. The summed E-state index contributed by atoms with van der Waals surface area (Å²) in [5.41, 5.74) is -1.24. The third-order valence-electron chi connectivity index (χ3n) is 2.63. The van der Waals surface area contributed by atoms with Crippen LogP contribution in [0.2, 0.25) is 0 Å². The van der Waals surface area contributed by atoms with E-state index in [0.29, 0.717) is 10.4 Å². The van der Waals surface area contributed by atoms with Gasteiger partial charge in [-0.15, -0.1) is 11.6 Å². The van der Waals surface area contributed by atoms with Gasteiger partial charge in [0.25, 0.3) is 5.91 Å². The van der Waals surface area contributed by atoms with Crippen molar-refractivity contribution in [1.82, 2.24) is 5.32 Å². The zero-order valence-corrected chi connectivity index (χ0v) is 13.3. The average molecular weight is 373 g/mol. The summed E-state index contributed by atoms with van der Waals surface area (Å²) in [6, 6.07) is 2.96. The van der Waals surface area contributed by atoms with Crippen LogP contribution in [0, 0.1) is 5.41 Å². The van der Waals surface area contributed by atoms with Crippen LogP contribution in [0.25, 0.3) is 0 Å². The molecule has 0 aliphatic rings. The van der Waals surface area contributed by atoms with E-state index in [1.54, 1.807) is 0 Å². The van der Waals surface area contributed by atoms with Crippen LogP contribution in [0.1, 0.15) is 29.8 Å². The third-order valence-corrected chi connectivity index (χ3v) is 4.04. The van der Waals surface area contributed by atoms with E-state index >= 15 is 0 Å². The summed E-state index contributed by atoms with van der Waals surface area (Å²) in [5, 5.41) is 2.59. The molecule has 0 aromatic heterocycles. The first kappa shape index (κ1) is 17.3. The lowest BCUT2D eigenvalue weighted by Gasteiger charge is -2.22. The van der Waals surface area contributed by atoms with Gasteiger partial charge in [-0.05, 0) is 39.5 Å². The van der Waals surface area contributed by atoms with Gasteiger partial charge in [-0.3, -0.25) is 4.79 Å². The summed E-state index contributed by atoms with van der Waals surface area (Å²) in [6.07, 6.45) is -4.48. The molecule has 1 amide bonds. The monoisotopic (exact) mass is 371 g/mol. The first-order chi connectivity index (χ1) is 9.07. The van der Waals surface area contributed by atoms with Gasteiger partial charge in [-0.25, -0.2) is 0 Å². The fourth-order valence-electron chi connectivity index (χ4n) is 1.34. The first-order valence-corrected chi connectivity index (χ1v) is 7.10. The highest BCUT2D eigenvalue weighted by atomic mass is 79.9. The van der Waals surface area contributed by atoms with Crippen LogP contribution in [-0.2, 0) is 6.18 Å². The second-order valence-electron chi connectivity index (χ2n) is 5.17. The molecule has 1 N–H and O–H groups in total. The topological polar surface area (TPSA) is 29.1 Å². The van der Waals surface area contributed by atoms with Crippen LogP contribution >= 0.6 is 27.5 Å². The Morgan fingerprint density at radius 2 is 1.95 bits per heavy atom. The van der Waals surface area contributed by atoms with Gasteiger partial charge in [0.05, 0.1) is 11.1 Å². The number of carbonyl (C=O) groups excluding carboxylic acids is 1. The molecule has 0 aliphatic carbocycles. The van der Waals surface area contributed by atoms with E-state index in [-0.39, 0.29) is 17.5 Å². The van der Waals surface area contributed by atoms with Crippen molar-refractivity contribution in [2.45, 2.75) is 20.0 Å². The van der Waals surface area contributed by atoms with Crippen molar-refractivity contribution < 1.29 is 18.0 Å². The first-order valence-electron chi connectivity index (χ1n) is 5.78. The van der Waals surface area contributed by atoms with E-state index in [1.165, 1.54) is 6.07 Å². The normalized spacial score (nSPS) is 12.3. The van der Waals surface area contributed by atoms with Crippen LogP contribution in [0.5, 0.6) is 0 Å². The van der Waals surface area contributed by atoms with Crippen molar-refractivity contribution in [2.75, 3.05) is 12.4 Å². The fraction of sp³-hybridized carbons (Fsp3) is 0.462. The van der Waals surface area contributed by atoms with Gasteiger partial charge in [-0.2, -0.15) is 13.2 Å². The van der Waals surface area contributed by atoms with Gasteiger partial charge in [-0.1, -0.05) is 13.8 Å². The summed E-state index contributed by atoms with van der Waals surface area (Å²) < 4.78 is 38.2. The van der Waals surface area contributed by atoms with Gasteiger partial charge >= 0.3 is 6.18 Å². The molecule has 0 saturated carbocycles. The van der Waals surface area contributed by atoms with E-state index in [9.17, 15) is 18.0 Å². The third kappa shape index (κ3) is 4.66. The van der Waals surface area contributed by atoms with E-state index in [2.05, 4.69) is 21.2 Å². The molecule has 20 heavy (non-hydrogen) atoms. The van der Waals surface area contributed by atoms with Gasteiger partial charge in [0.15, 0.2) is 0 Å². The van der Waals surface area contributed by atoms with Crippen LogP contribution in [0.15, 0.2) is 22.7 Å². The molecule has 1 rings (SSSR count). The molecule has 2 nitrogen and oxygen atoms in total. The van der Waals surface area contributed by atoms with Crippen molar-refractivity contribution in [1.29, 1.82) is 0 Å². The molecule has 0 heterocycles. The summed E-state index contributed by atoms with van der Waals surface area (Å²) in [5.74, 6) is -0.238. The predicted octanol–water partition coefficient (Wildman–Crippen LogP) is 4.46. The SMILES string of the molecule is CC(C)(CCl)CNC(=O)c1cc(C(F)(F)F)ccc1Br. The molecule has 112 valence electrons. The van der Waals surface area contributed by atoms with Gasteiger partial charge in [0.1, 0.15) is 0 Å². The number of rotatable bonds is 4. The Kier molecular flexibility index (Phi) is 5.49. The molecule has 0 radical (unpaired) electrons. The summed E-state index contributed by atoms with van der Waals surface area (Å²) in [6.45, 7) is 3.97. The Labute approximate surface area is 128 Å². The number of halogens is 5. The molecule has 0 bridgehead atoms. The number of benzene rings is 1. The Balaban J connectivity index is 2.93. The average Bonchev–Trinajstić information content (AvgIpc) is 2.35. The maximum Gasteiger partial charge on any atom is 0.416 e. The largest absolute Gasteiger partial charge is 0.416 e. The van der Waals surface area contributed by atoms with Crippen LogP contribution in [0.4, 0.5) is 13.2 Å². The van der Waals surface area contributed by atoms with Crippen molar-refractivity contribution in [3.8, 4) is 0 Å². The van der Waals surface area contributed by atoms with Crippen LogP contribution in [-0.4, -0.2) is 18.3 Å².